The van der Waals surface area contributed by atoms with Gasteiger partial charge < -0.3 is 15.2 Å². The molecule has 0 atom stereocenters. The number of carboxylic acid groups (broad SMARTS) is 1. The summed E-state index contributed by atoms with van der Waals surface area (Å²) in [5.41, 5.74) is 1.15. The number of hydrogen-bond donors (Lipinski definition) is 2. The highest BCUT2D eigenvalue weighted by molar-refractivity contribution is 6.42. The van der Waals surface area contributed by atoms with E-state index in [1.54, 1.807) is 18.2 Å². The molecule has 6 heteroatoms. The molecule has 0 saturated heterocycles. The van der Waals surface area contributed by atoms with Gasteiger partial charge in [0.15, 0.2) is 0 Å². The molecule has 0 unspecified atom stereocenters. The van der Waals surface area contributed by atoms with Gasteiger partial charge in [0.25, 0.3) is 0 Å². The molecule has 0 amide bonds. The number of rotatable bonds is 6. The van der Waals surface area contributed by atoms with Gasteiger partial charge in [-0.1, -0.05) is 41.4 Å². The van der Waals surface area contributed by atoms with Gasteiger partial charge in [0, 0.05) is 12.6 Å². The Morgan fingerprint density at radius 1 is 1.08 bits per heavy atom. The Morgan fingerprint density at radius 2 is 1.77 bits per heavy atom. The summed E-state index contributed by atoms with van der Waals surface area (Å²) in [6.07, 6.45) is 3.32. The van der Waals surface area contributed by atoms with Gasteiger partial charge in [-0.3, -0.25) is 4.79 Å². The fourth-order valence-electron chi connectivity index (χ4n) is 3.17. The summed E-state index contributed by atoms with van der Waals surface area (Å²) < 4.78 is 5.78. The summed E-state index contributed by atoms with van der Waals surface area (Å²) in [6.45, 7) is 0.751. The summed E-state index contributed by atoms with van der Waals surface area (Å²) in [7, 11) is 0. The van der Waals surface area contributed by atoms with Gasteiger partial charge >= 0.3 is 5.97 Å². The van der Waals surface area contributed by atoms with Gasteiger partial charge in [-0.15, -0.1) is 0 Å². The predicted octanol–water partition coefficient (Wildman–Crippen LogP) is 5.52. The first kappa shape index (κ1) is 19.0. The summed E-state index contributed by atoms with van der Waals surface area (Å²) in [4.78, 5) is 11.0. The van der Waals surface area contributed by atoms with Gasteiger partial charge in [0.05, 0.1) is 10.9 Å². The highest BCUT2D eigenvalue weighted by Gasteiger charge is 2.25. The third-order valence-corrected chi connectivity index (χ3v) is 5.54. The van der Waals surface area contributed by atoms with Crippen molar-refractivity contribution in [3.63, 3.8) is 0 Å². The fraction of sp³-hybridized carbons (Fsp3) is 0.350. The van der Waals surface area contributed by atoms with Crippen LogP contribution in [-0.2, 0) is 11.3 Å². The molecule has 1 fully saturated rings. The number of aliphatic carboxylic acids is 1. The van der Waals surface area contributed by atoms with Crippen LogP contribution in [0, 0.1) is 5.92 Å². The zero-order valence-corrected chi connectivity index (χ0v) is 15.8. The van der Waals surface area contributed by atoms with Gasteiger partial charge in [-0.25, -0.2) is 0 Å². The maximum atomic E-state index is 11.0. The van der Waals surface area contributed by atoms with Crippen molar-refractivity contribution in [3.8, 4) is 11.5 Å². The van der Waals surface area contributed by atoms with Crippen molar-refractivity contribution in [1.29, 1.82) is 0 Å². The second kappa shape index (κ2) is 8.76. The molecule has 2 aromatic carbocycles. The highest BCUT2D eigenvalue weighted by atomic mass is 35.5. The summed E-state index contributed by atoms with van der Waals surface area (Å²) >= 11 is 12.1. The van der Waals surface area contributed by atoms with Gasteiger partial charge in [0.2, 0.25) is 0 Å². The molecule has 1 aliphatic rings. The number of benzene rings is 2. The van der Waals surface area contributed by atoms with Crippen molar-refractivity contribution in [2.45, 2.75) is 38.3 Å². The van der Waals surface area contributed by atoms with Crippen LogP contribution in [0.2, 0.25) is 10.0 Å². The fourth-order valence-corrected chi connectivity index (χ4v) is 3.50. The minimum absolute atomic E-state index is 0.178. The van der Waals surface area contributed by atoms with E-state index in [2.05, 4.69) is 5.32 Å². The van der Waals surface area contributed by atoms with E-state index in [1.807, 2.05) is 24.3 Å². The lowest BCUT2D eigenvalue weighted by Crippen LogP contribution is -2.34. The Labute approximate surface area is 163 Å². The van der Waals surface area contributed by atoms with E-state index in [9.17, 15) is 4.79 Å². The number of carbonyl (C=O) groups is 1. The van der Waals surface area contributed by atoms with Crippen molar-refractivity contribution >= 4 is 29.2 Å². The van der Waals surface area contributed by atoms with Crippen molar-refractivity contribution in [1.82, 2.24) is 5.32 Å². The Bertz CT molecular complexity index is 756. The average Bonchev–Trinajstić information content (AvgIpc) is 2.65. The van der Waals surface area contributed by atoms with E-state index in [0.29, 0.717) is 27.6 Å². The Balaban J connectivity index is 1.50. The summed E-state index contributed by atoms with van der Waals surface area (Å²) in [6, 6.07) is 13.5. The molecular weight excluding hydrogens is 373 g/mol. The normalized spacial score (nSPS) is 19.9. The van der Waals surface area contributed by atoms with Crippen LogP contribution in [0.1, 0.15) is 31.2 Å². The van der Waals surface area contributed by atoms with Crippen LogP contribution >= 0.6 is 23.2 Å². The van der Waals surface area contributed by atoms with E-state index < -0.39 is 5.97 Å². The lowest BCUT2D eigenvalue weighted by atomic mass is 9.86. The number of ether oxygens (including phenoxy) is 1. The molecule has 138 valence electrons. The summed E-state index contributed by atoms with van der Waals surface area (Å²) in [5, 5.41) is 13.4. The van der Waals surface area contributed by atoms with Crippen molar-refractivity contribution in [2.24, 2.45) is 5.92 Å². The van der Waals surface area contributed by atoms with Crippen molar-refractivity contribution in [2.75, 3.05) is 0 Å². The highest BCUT2D eigenvalue weighted by Crippen LogP contribution is 2.34. The minimum Gasteiger partial charge on any atom is -0.481 e. The average molecular weight is 394 g/mol. The molecule has 1 aliphatic carbocycles. The maximum Gasteiger partial charge on any atom is 0.306 e. The van der Waals surface area contributed by atoms with Crippen LogP contribution in [0.4, 0.5) is 0 Å². The first-order valence-corrected chi connectivity index (χ1v) is 9.45. The van der Waals surface area contributed by atoms with Gasteiger partial charge in [0.1, 0.15) is 16.5 Å². The molecule has 1 saturated carbocycles. The Hall–Kier alpha value is -1.75. The van der Waals surface area contributed by atoms with E-state index >= 15 is 0 Å². The zero-order chi connectivity index (χ0) is 18.5. The minimum atomic E-state index is -0.668. The molecule has 0 bridgehead atoms. The molecule has 0 radical (unpaired) electrons. The molecule has 4 nitrogen and oxygen atoms in total. The standard InChI is InChI=1S/C20H21Cl2NO3/c21-17-2-1-3-18(19(17)22)26-16-10-4-13(5-11-16)12-23-15-8-6-14(7-9-15)20(24)25/h1-5,10-11,14-15,23H,6-9,12H2,(H,24,25). The van der Waals surface area contributed by atoms with Gasteiger partial charge in [-0.2, -0.15) is 0 Å². The van der Waals surface area contributed by atoms with Gasteiger partial charge in [-0.05, 0) is 55.5 Å². The maximum absolute atomic E-state index is 11.0. The van der Waals surface area contributed by atoms with Crippen LogP contribution in [0.3, 0.4) is 0 Å². The number of halogens is 2. The Kier molecular flexibility index (Phi) is 6.41. The molecule has 0 spiro atoms. The molecule has 2 N–H and O–H groups in total. The smallest absolute Gasteiger partial charge is 0.306 e. The molecule has 0 aliphatic heterocycles. The second-order valence-corrected chi connectivity index (χ2v) is 7.35. The first-order valence-electron chi connectivity index (χ1n) is 8.70. The number of nitrogens with one attached hydrogen (secondary N) is 1. The third-order valence-electron chi connectivity index (χ3n) is 4.74. The SMILES string of the molecule is O=C(O)C1CCC(NCc2ccc(Oc3cccc(Cl)c3Cl)cc2)CC1. The molecule has 3 rings (SSSR count). The van der Waals surface area contributed by atoms with Crippen LogP contribution in [0.5, 0.6) is 11.5 Å². The largest absolute Gasteiger partial charge is 0.481 e. The Morgan fingerprint density at radius 3 is 2.42 bits per heavy atom. The second-order valence-electron chi connectivity index (χ2n) is 6.57. The first-order chi connectivity index (χ1) is 12.5. The van der Waals surface area contributed by atoms with E-state index in [-0.39, 0.29) is 5.92 Å². The van der Waals surface area contributed by atoms with Crippen molar-refractivity contribution < 1.29 is 14.6 Å². The van der Waals surface area contributed by atoms with Crippen molar-refractivity contribution in [3.05, 3.63) is 58.1 Å². The number of carboxylic acids is 1. The molecule has 2 aromatic rings. The quantitative estimate of drug-likeness (QED) is 0.678. The molecule has 0 heterocycles. The topological polar surface area (TPSA) is 58.6 Å². The lowest BCUT2D eigenvalue weighted by Gasteiger charge is -2.27. The van der Waals surface area contributed by atoms with Crippen LogP contribution in [0.25, 0.3) is 0 Å². The lowest BCUT2D eigenvalue weighted by molar-refractivity contribution is -0.142. The van der Waals surface area contributed by atoms with E-state index in [1.165, 1.54) is 0 Å². The third kappa shape index (κ3) is 4.91. The number of hydrogen-bond acceptors (Lipinski definition) is 3. The van der Waals surface area contributed by atoms with E-state index in [4.69, 9.17) is 33.0 Å². The van der Waals surface area contributed by atoms with Crippen LogP contribution in [-0.4, -0.2) is 17.1 Å². The molecule has 26 heavy (non-hydrogen) atoms. The monoisotopic (exact) mass is 393 g/mol. The zero-order valence-electron chi connectivity index (χ0n) is 14.3. The van der Waals surface area contributed by atoms with E-state index in [0.717, 1.165) is 37.8 Å². The summed E-state index contributed by atoms with van der Waals surface area (Å²) in [5.74, 6) is 0.377. The van der Waals surface area contributed by atoms with Crippen LogP contribution in [0.15, 0.2) is 42.5 Å². The predicted molar refractivity (Wildman–Crippen MR) is 103 cm³/mol. The molecule has 0 aromatic heterocycles. The van der Waals surface area contributed by atoms with Crippen LogP contribution < -0.4 is 10.1 Å². The molecular formula is C20H21Cl2NO3.